The fourth-order valence-corrected chi connectivity index (χ4v) is 3.78. The van der Waals surface area contributed by atoms with Gasteiger partial charge in [0.15, 0.2) is 0 Å². The number of piperidine rings is 1. The van der Waals surface area contributed by atoms with E-state index in [1.165, 1.54) is 12.8 Å². The number of hydrogen-bond donors (Lipinski definition) is 2. The van der Waals surface area contributed by atoms with Gasteiger partial charge in [0.25, 0.3) is 0 Å². The number of benzene rings is 1. The van der Waals surface area contributed by atoms with E-state index in [0.29, 0.717) is 16.0 Å². The van der Waals surface area contributed by atoms with Gasteiger partial charge in [-0.2, -0.15) is 0 Å². The average molecular weight is 378 g/mol. The maximum Gasteiger partial charge on any atom is 0.223 e. The van der Waals surface area contributed by atoms with Crippen molar-refractivity contribution >= 4 is 41.5 Å². The maximum atomic E-state index is 12.2. The predicted molar refractivity (Wildman–Crippen MR) is 97.8 cm³/mol. The minimum atomic E-state index is 0. The molecule has 23 heavy (non-hydrogen) atoms. The lowest BCUT2D eigenvalue weighted by atomic mass is 9.96. The Labute approximate surface area is 153 Å². The van der Waals surface area contributed by atoms with Gasteiger partial charge in [0.2, 0.25) is 5.91 Å². The zero-order chi connectivity index (χ0) is 15.5. The molecule has 0 bridgehead atoms. The van der Waals surface area contributed by atoms with E-state index in [2.05, 4.69) is 10.6 Å². The molecule has 3 rings (SSSR count). The molecule has 1 saturated carbocycles. The fourth-order valence-electron chi connectivity index (χ4n) is 3.34. The third-order valence-electron chi connectivity index (χ3n) is 4.76. The molecule has 1 aromatic carbocycles. The highest BCUT2D eigenvalue weighted by Crippen LogP contribution is 2.50. The van der Waals surface area contributed by atoms with Crippen molar-refractivity contribution in [3.63, 3.8) is 0 Å². The minimum absolute atomic E-state index is 0. The highest BCUT2D eigenvalue weighted by Gasteiger charge is 2.44. The number of rotatable bonds is 5. The first kappa shape index (κ1) is 18.9. The van der Waals surface area contributed by atoms with Gasteiger partial charge in [0.05, 0.1) is 10.0 Å². The number of hydrogen-bond acceptors (Lipinski definition) is 2. The van der Waals surface area contributed by atoms with Crippen LogP contribution in [0.25, 0.3) is 0 Å². The molecule has 0 aromatic heterocycles. The summed E-state index contributed by atoms with van der Waals surface area (Å²) in [6.45, 7) is 2.99. The zero-order valence-corrected chi connectivity index (χ0v) is 15.3. The topological polar surface area (TPSA) is 41.1 Å². The quantitative estimate of drug-likeness (QED) is 0.813. The lowest BCUT2D eigenvalue weighted by molar-refractivity contribution is -0.122. The van der Waals surface area contributed by atoms with Crippen LogP contribution in [0.15, 0.2) is 18.2 Å². The SMILES string of the molecule is Cl.O=C(NCCC1CCCNC1)C1CC1c1cccc(Cl)c1Cl. The van der Waals surface area contributed by atoms with Crippen LogP contribution in [-0.2, 0) is 4.79 Å². The molecule has 128 valence electrons. The monoisotopic (exact) mass is 376 g/mol. The molecule has 3 atom stereocenters. The summed E-state index contributed by atoms with van der Waals surface area (Å²) in [5.41, 5.74) is 1.01. The molecule has 0 spiro atoms. The third kappa shape index (κ3) is 4.76. The van der Waals surface area contributed by atoms with E-state index in [1.54, 1.807) is 6.07 Å². The van der Waals surface area contributed by atoms with Crippen LogP contribution in [-0.4, -0.2) is 25.5 Å². The molecule has 6 heteroatoms. The van der Waals surface area contributed by atoms with Crippen LogP contribution in [0.2, 0.25) is 10.0 Å². The molecule has 2 aliphatic rings. The first-order valence-electron chi connectivity index (χ1n) is 8.09. The van der Waals surface area contributed by atoms with Crippen LogP contribution in [0.3, 0.4) is 0 Å². The van der Waals surface area contributed by atoms with Gasteiger partial charge >= 0.3 is 0 Å². The standard InChI is InChI=1S/C17H22Cl2N2O.ClH/c18-15-5-1-4-12(16(15)19)13-9-14(13)17(22)21-8-6-11-3-2-7-20-10-11;/h1,4-5,11,13-14,20H,2-3,6-10H2,(H,21,22);1H. The summed E-state index contributed by atoms with van der Waals surface area (Å²) < 4.78 is 0. The Balaban J connectivity index is 0.00000192. The van der Waals surface area contributed by atoms with Crippen LogP contribution >= 0.6 is 35.6 Å². The maximum absolute atomic E-state index is 12.2. The number of carbonyl (C=O) groups excluding carboxylic acids is 1. The second-order valence-electron chi connectivity index (χ2n) is 6.38. The Hall–Kier alpha value is -0.480. The summed E-state index contributed by atoms with van der Waals surface area (Å²) in [5, 5.41) is 7.65. The first-order chi connectivity index (χ1) is 10.7. The predicted octanol–water partition coefficient (Wildman–Crippen LogP) is 4.02. The smallest absolute Gasteiger partial charge is 0.223 e. The highest BCUT2D eigenvalue weighted by molar-refractivity contribution is 6.42. The second-order valence-corrected chi connectivity index (χ2v) is 7.17. The van der Waals surface area contributed by atoms with E-state index in [0.717, 1.165) is 38.0 Å². The Bertz CT molecular complexity index is 547. The van der Waals surface area contributed by atoms with E-state index >= 15 is 0 Å². The zero-order valence-electron chi connectivity index (χ0n) is 13.0. The Morgan fingerprint density at radius 3 is 2.91 bits per heavy atom. The fraction of sp³-hybridized carbons (Fsp3) is 0.588. The summed E-state index contributed by atoms with van der Waals surface area (Å²) >= 11 is 12.3. The molecule has 3 nitrogen and oxygen atoms in total. The average Bonchev–Trinajstić information content (AvgIpc) is 3.31. The Kier molecular flexibility index (Phi) is 7.02. The first-order valence-corrected chi connectivity index (χ1v) is 8.84. The van der Waals surface area contributed by atoms with Gasteiger partial charge in [0, 0.05) is 12.5 Å². The number of halogens is 3. The molecule has 0 radical (unpaired) electrons. The lowest BCUT2D eigenvalue weighted by Gasteiger charge is -2.22. The molecule has 1 amide bonds. The lowest BCUT2D eigenvalue weighted by Crippen LogP contribution is -2.33. The largest absolute Gasteiger partial charge is 0.356 e. The number of nitrogens with one attached hydrogen (secondary N) is 2. The molecular formula is C17H23Cl3N2O. The normalized spacial score (nSPS) is 26.3. The van der Waals surface area contributed by atoms with Crippen molar-refractivity contribution in [2.24, 2.45) is 11.8 Å². The van der Waals surface area contributed by atoms with Gasteiger partial charge in [-0.05, 0) is 62.2 Å². The van der Waals surface area contributed by atoms with E-state index in [9.17, 15) is 4.79 Å². The summed E-state index contributed by atoms with van der Waals surface area (Å²) in [6.07, 6.45) is 4.45. The molecule has 1 aromatic rings. The van der Waals surface area contributed by atoms with Crippen LogP contribution in [0.5, 0.6) is 0 Å². The molecule has 1 saturated heterocycles. The van der Waals surface area contributed by atoms with Crippen LogP contribution in [0, 0.1) is 11.8 Å². The van der Waals surface area contributed by atoms with Gasteiger partial charge in [-0.3, -0.25) is 4.79 Å². The van der Waals surface area contributed by atoms with Gasteiger partial charge < -0.3 is 10.6 Å². The van der Waals surface area contributed by atoms with Crippen molar-refractivity contribution in [2.45, 2.75) is 31.6 Å². The van der Waals surface area contributed by atoms with Crippen LogP contribution in [0.4, 0.5) is 0 Å². The second kappa shape index (κ2) is 8.57. The molecule has 1 heterocycles. The van der Waals surface area contributed by atoms with Crippen molar-refractivity contribution in [3.05, 3.63) is 33.8 Å². The highest BCUT2D eigenvalue weighted by atomic mass is 35.5. The molecule has 3 unspecified atom stereocenters. The van der Waals surface area contributed by atoms with Crippen LogP contribution in [0.1, 0.15) is 37.2 Å². The van der Waals surface area contributed by atoms with Crippen molar-refractivity contribution in [3.8, 4) is 0 Å². The summed E-state index contributed by atoms with van der Waals surface area (Å²) in [5.74, 6) is 1.14. The van der Waals surface area contributed by atoms with Gasteiger partial charge in [0.1, 0.15) is 0 Å². The van der Waals surface area contributed by atoms with Gasteiger partial charge in [-0.25, -0.2) is 0 Å². The molecule has 2 N–H and O–H groups in total. The number of amides is 1. The van der Waals surface area contributed by atoms with Crippen LogP contribution < -0.4 is 10.6 Å². The molecular weight excluding hydrogens is 355 g/mol. The summed E-state index contributed by atoms with van der Waals surface area (Å²) in [4.78, 5) is 12.2. The van der Waals surface area contributed by atoms with E-state index in [1.807, 2.05) is 12.1 Å². The van der Waals surface area contributed by atoms with Gasteiger partial charge in [-0.15, -0.1) is 12.4 Å². The van der Waals surface area contributed by atoms with E-state index < -0.39 is 0 Å². The van der Waals surface area contributed by atoms with Gasteiger partial charge in [-0.1, -0.05) is 35.3 Å². The van der Waals surface area contributed by atoms with E-state index in [-0.39, 0.29) is 30.2 Å². The minimum Gasteiger partial charge on any atom is -0.356 e. The van der Waals surface area contributed by atoms with Crippen molar-refractivity contribution in [1.82, 2.24) is 10.6 Å². The van der Waals surface area contributed by atoms with Crippen molar-refractivity contribution < 1.29 is 4.79 Å². The molecule has 1 aliphatic heterocycles. The van der Waals surface area contributed by atoms with E-state index in [4.69, 9.17) is 23.2 Å². The summed E-state index contributed by atoms with van der Waals surface area (Å²) in [6, 6.07) is 5.65. The Morgan fingerprint density at radius 1 is 1.35 bits per heavy atom. The summed E-state index contributed by atoms with van der Waals surface area (Å²) in [7, 11) is 0. The van der Waals surface area contributed by atoms with Crippen molar-refractivity contribution in [2.75, 3.05) is 19.6 Å². The number of carbonyl (C=O) groups is 1. The Morgan fingerprint density at radius 2 is 2.17 bits per heavy atom. The molecule has 1 aliphatic carbocycles. The third-order valence-corrected chi connectivity index (χ3v) is 5.59. The molecule has 2 fully saturated rings. The van der Waals surface area contributed by atoms with Crippen molar-refractivity contribution in [1.29, 1.82) is 0 Å².